The predicted octanol–water partition coefficient (Wildman–Crippen LogP) is 4.13. The maximum absolute atomic E-state index is 13.9. The summed E-state index contributed by atoms with van der Waals surface area (Å²) in [5.74, 6) is -0.305. The van der Waals surface area contributed by atoms with E-state index in [-0.39, 0.29) is 5.82 Å². The zero-order valence-electron chi connectivity index (χ0n) is 11.4. The first-order valence-electron chi connectivity index (χ1n) is 6.50. The summed E-state index contributed by atoms with van der Waals surface area (Å²) in [6.07, 6.45) is 2.18. The Bertz CT molecular complexity index is 529. The van der Waals surface area contributed by atoms with Crippen molar-refractivity contribution in [3.63, 3.8) is 0 Å². The third-order valence-corrected chi connectivity index (χ3v) is 3.22. The highest BCUT2D eigenvalue weighted by molar-refractivity contribution is 5.74. The van der Waals surface area contributed by atoms with Crippen LogP contribution in [0.4, 0.5) is 21.5 Å². The molecule has 0 aliphatic heterocycles. The van der Waals surface area contributed by atoms with E-state index in [2.05, 4.69) is 19.1 Å². The zero-order valence-corrected chi connectivity index (χ0v) is 11.4. The second kappa shape index (κ2) is 5.74. The van der Waals surface area contributed by atoms with Gasteiger partial charge in [0.25, 0.3) is 0 Å². The van der Waals surface area contributed by atoms with Gasteiger partial charge in [-0.25, -0.2) is 4.39 Å². The van der Waals surface area contributed by atoms with E-state index in [1.807, 2.05) is 19.2 Å². The molecule has 0 aromatic heterocycles. The SMILES string of the molecule is CCCc1ccc(N(C)c2c(N)cccc2F)cc1. The Kier molecular flexibility index (Phi) is 4.05. The number of nitrogen functional groups attached to an aromatic ring is 1. The summed E-state index contributed by atoms with van der Waals surface area (Å²) in [7, 11) is 1.82. The van der Waals surface area contributed by atoms with E-state index in [1.54, 1.807) is 17.0 Å². The maximum atomic E-state index is 13.9. The van der Waals surface area contributed by atoms with Gasteiger partial charge in [0.15, 0.2) is 0 Å². The number of aryl methyl sites for hydroxylation is 1. The first-order chi connectivity index (χ1) is 9.13. The second-order valence-electron chi connectivity index (χ2n) is 4.65. The van der Waals surface area contributed by atoms with Crippen LogP contribution in [0.15, 0.2) is 42.5 Å². The number of rotatable bonds is 4. The van der Waals surface area contributed by atoms with Gasteiger partial charge in [0.1, 0.15) is 11.5 Å². The number of nitrogens with two attached hydrogens (primary N) is 1. The highest BCUT2D eigenvalue weighted by Gasteiger charge is 2.12. The Morgan fingerprint density at radius 2 is 1.79 bits per heavy atom. The van der Waals surface area contributed by atoms with Crippen molar-refractivity contribution in [2.75, 3.05) is 17.7 Å². The molecule has 3 heteroatoms. The lowest BCUT2D eigenvalue weighted by Crippen LogP contribution is -2.13. The van der Waals surface area contributed by atoms with Gasteiger partial charge in [0.2, 0.25) is 0 Å². The average molecular weight is 258 g/mol. The fourth-order valence-corrected chi connectivity index (χ4v) is 2.19. The van der Waals surface area contributed by atoms with Gasteiger partial charge < -0.3 is 10.6 Å². The molecule has 0 spiro atoms. The summed E-state index contributed by atoms with van der Waals surface area (Å²) < 4.78 is 13.9. The number of anilines is 3. The van der Waals surface area contributed by atoms with Gasteiger partial charge >= 0.3 is 0 Å². The summed E-state index contributed by atoms with van der Waals surface area (Å²) in [4.78, 5) is 1.78. The average Bonchev–Trinajstić information content (AvgIpc) is 2.39. The Morgan fingerprint density at radius 1 is 1.11 bits per heavy atom. The predicted molar refractivity (Wildman–Crippen MR) is 79.3 cm³/mol. The molecule has 2 aromatic rings. The topological polar surface area (TPSA) is 29.3 Å². The molecule has 19 heavy (non-hydrogen) atoms. The van der Waals surface area contributed by atoms with E-state index >= 15 is 0 Å². The monoisotopic (exact) mass is 258 g/mol. The molecule has 0 aliphatic carbocycles. The Morgan fingerprint density at radius 3 is 2.37 bits per heavy atom. The van der Waals surface area contributed by atoms with Gasteiger partial charge in [-0.15, -0.1) is 0 Å². The third kappa shape index (κ3) is 2.87. The maximum Gasteiger partial charge on any atom is 0.148 e. The lowest BCUT2D eigenvalue weighted by molar-refractivity contribution is 0.628. The summed E-state index contributed by atoms with van der Waals surface area (Å²) in [6, 6.07) is 12.9. The molecule has 100 valence electrons. The number of hydrogen-bond acceptors (Lipinski definition) is 2. The van der Waals surface area contributed by atoms with Crippen LogP contribution in [0.1, 0.15) is 18.9 Å². The minimum Gasteiger partial charge on any atom is -0.397 e. The van der Waals surface area contributed by atoms with Gasteiger partial charge in [-0.1, -0.05) is 31.5 Å². The van der Waals surface area contributed by atoms with E-state index < -0.39 is 0 Å². The van der Waals surface area contributed by atoms with E-state index in [4.69, 9.17) is 5.73 Å². The van der Waals surface area contributed by atoms with Crippen molar-refractivity contribution in [2.24, 2.45) is 0 Å². The van der Waals surface area contributed by atoms with Gasteiger partial charge in [-0.3, -0.25) is 0 Å². The number of para-hydroxylation sites is 1. The van der Waals surface area contributed by atoms with Crippen LogP contribution in [0.3, 0.4) is 0 Å². The van der Waals surface area contributed by atoms with Crippen LogP contribution < -0.4 is 10.6 Å². The smallest absolute Gasteiger partial charge is 0.148 e. The van der Waals surface area contributed by atoms with Crippen LogP contribution in [-0.2, 0) is 6.42 Å². The molecule has 0 unspecified atom stereocenters. The van der Waals surface area contributed by atoms with Gasteiger partial charge in [0, 0.05) is 12.7 Å². The quantitative estimate of drug-likeness (QED) is 0.835. The molecule has 2 rings (SSSR count). The van der Waals surface area contributed by atoms with Crippen molar-refractivity contribution >= 4 is 17.1 Å². The van der Waals surface area contributed by atoms with Crippen molar-refractivity contribution in [1.82, 2.24) is 0 Å². The molecule has 0 aliphatic rings. The summed E-state index contributed by atoms with van der Waals surface area (Å²) in [5.41, 5.74) is 8.94. The first-order valence-corrected chi connectivity index (χ1v) is 6.50. The molecule has 2 aromatic carbocycles. The summed E-state index contributed by atoms with van der Waals surface area (Å²) in [6.45, 7) is 2.15. The molecular formula is C16H19FN2. The second-order valence-corrected chi connectivity index (χ2v) is 4.65. The summed E-state index contributed by atoms with van der Waals surface area (Å²) >= 11 is 0. The summed E-state index contributed by atoms with van der Waals surface area (Å²) in [5, 5.41) is 0. The van der Waals surface area contributed by atoms with Crippen LogP contribution in [0.5, 0.6) is 0 Å². The van der Waals surface area contributed by atoms with Crippen LogP contribution in [0.25, 0.3) is 0 Å². The Hall–Kier alpha value is -2.03. The molecule has 2 N–H and O–H groups in total. The van der Waals surface area contributed by atoms with Crippen LogP contribution in [-0.4, -0.2) is 7.05 Å². The van der Waals surface area contributed by atoms with Gasteiger partial charge in [0.05, 0.1) is 5.69 Å². The standard InChI is InChI=1S/C16H19FN2/c1-3-5-12-8-10-13(11-9-12)19(2)16-14(17)6-4-7-15(16)18/h4,6-11H,3,5,18H2,1-2H3. The van der Waals surface area contributed by atoms with Crippen LogP contribution >= 0.6 is 0 Å². The molecule has 0 amide bonds. The van der Waals surface area contributed by atoms with Crippen molar-refractivity contribution < 1.29 is 4.39 Å². The number of nitrogens with zero attached hydrogens (tertiary/aromatic N) is 1. The molecule has 0 bridgehead atoms. The van der Waals surface area contributed by atoms with Crippen molar-refractivity contribution in [3.05, 3.63) is 53.8 Å². The number of hydrogen-bond donors (Lipinski definition) is 1. The molecule has 0 heterocycles. The molecular weight excluding hydrogens is 239 g/mol. The van der Waals surface area contributed by atoms with Crippen molar-refractivity contribution in [3.8, 4) is 0 Å². The highest BCUT2D eigenvalue weighted by Crippen LogP contribution is 2.31. The van der Waals surface area contributed by atoms with Crippen molar-refractivity contribution in [1.29, 1.82) is 0 Å². The molecule has 0 saturated carbocycles. The van der Waals surface area contributed by atoms with Crippen LogP contribution in [0.2, 0.25) is 0 Å². The van der Waals surface area contributed by atoms with E-state index in [0.29, 0.717) is 11.4 Å². The zero-order chi connectivity index (χ0) is 13.8. The fraction of sp³-hybridized carbons (Fsp3) is 0.250. The Labute approximate surface area is 113 Å². The van der Waals surface area contributed by atoms with Gasteiger partial charge in [-0.2, -0.15) is 0 Å². The minimum atomic E-state index is -0.305. The van der Waals surface area contributed by atoms with Crippen LogP contribution in [0, 0.1) is 5.82 Å². The normalized spacial score (nSPS) is 10.5. The Balaban J connectivity index is 2.31. The molecule has 0 atom stereocenters. The fourth-order valence-electron chi connectivity index (χ4n) is 2.19. The van der Waals surface area contributed by atoms with E-state index in [1.165, 1.54) is 11.6 Å². The van der Waals surface area contributed by atoms with Gasteiger partial charge in [-0.05, 0) is 36.2 Å². The molecule has 0 fully saturated rings. The number of halogens is 1. The molecule has 0 radical (unpaired) electrons. The largest absolute Gasteiger partial charge is 0.397 e. The van der Waals surface area contributed by atoms with E-state index in [9.17, 15) is 4.39 Å². The van der Waals surface area contributed by atoms with E-state index in [0.717, 1.165) is 18.5 Å². The number of benzene rings is 2. The first kappa shape index (κ1) is 13.4. The lowest BCUT2D eigenvalue weighted by atomic mass is 10.1. The minimum absolute atomic E-state index is 0.305. The molecule has 0 saturated heterocycles. The highest BCUT2D eigenvalue weighted by atomic mass is 19.1. The third-order valence-electron chi connectivity index (χ3n) is 3.22. The van der Waals surface area contributed by atoms with Crippen molar-refractivity contribution in [2.45, 2.75) is 19.8 Å². The lowest BCUT2D eigenvalue weighted by Gasteiger charge is -2.22. The molecule has 2 nitrogen and oxygen atoms in total.